The molecule has 0 spiro atoms. The van der Waals surface area contributed by atoms with Gasteiger partial charge in [0.1, 0.15) is 6.10 Å². The molecule has 14 heavy (non-hydrogen) atoms. The van der Waals surface area contributed by atoms with Crippen molar-refractivity contribution in [2.75, 3.05) is 6.54 Å². The molecule has 0 aromatic carbocycles. The molecule has 3 heteroatoms. The van der Waals surface area contributed by atoms with E-state index in [-0.39, 0.29) is 17.7 Å². The standard InChI is InChI=1S/C11H19NO2/c1-8(2)9-11(3)6-4-5-7-12(11)10(13)14-9/h8-9H,4-7H2,1-3H3/t9-,11+/m1/s1. The highest BCUT2D eigenvalue weighted by Crippen LogP contribution is 2.40. The van der Waals surface area contributed by atoms with Gasteiger partial charge in [-0.15, -0.1) is 0 Å². The van der Waals surface area contributed by atoms with E-state index in [1.807, 2.05) is 4.90 Å². The predicted octanol–water partition coefficient (Wildman–Crippen LogP) is 2.41. The molecule has 2 aliphatic heterocycles. The SMILES string of the molecule is CC(C)[C@H]1OC(=O)N2CCCC[C@@]12C. The second kappa shape index (κ2) is 3.14. The summed E-state index contributed by atoms with van der Waals surface area (Å²) in [5.74, 6) is 0.409. The van der Waals surface area contributed by atoms with Gasteiger partial charge in [-0.1, -0.05) is 13.8 Å². The third-order valence-corrected chi connectivity index (χ3v) is 3.60. The van der Waals surface area contributed by atoms with Crippen molar-refractivity contribution < 1.29 is 9.53 Å². The van der Waals surface area contributed by atoms with Crippen LogP contribution >= 0.6 is 0 Å². The Kier molecular flexibility index (Phi) is 2.20. The average Bonchev–Trinajstić information content (AvgIpc) is 2.39. The molecule has 2 heterocycles. The van der Waals surface area contributed by atoms with Crippen LogP contribution in [-0.4, -0.2) is 29.2 Å². The van der Waals surface area contributed by atoms with Crippen molar-refractivity contribution in [3.05, 3.63) is 0 Å². The molecule has 2 aliphatic rings. The number of nitrogens with zero attached hydrogens (tertiary/aromatic N) is 1. The lowest BCUT2D eigenvalue weighted by Crippen LogP contribution is -2.52. The van der Waals surface area contributed by atoms with E-state index in [0.717, 1.165) is 19.4 Å². The minimum Gasteiger partial charge on any atom is -0.443 e. The minimum atomic E-state index is -0.106. The molecule has 1 amide bonds. The second-order valence-electron chi connectivity index (χ2n) is 5.01. The zero-order chi connectivity index (χ0) is 10.3. The molecule has 0 radical (unpaired) electrons. The van der Waals surface area contributed by atoms with Crippen LogP contribution in [-0.2, 0) is 4.74 Å². The molecule has 0 aromatic rings. The number of carbonyl (C=O) groups excluding carboxylic acids is 1. The first kappa shape index (κ1) is 9.81. The second-order valence-corrected chi connectivity index (χ2v) is 5.01. The number of carbonyl (C=O) groups is 1. The smallest absolute Gasteiger partial charge is 0.410 e. The summed E-state index contributed by atoms with van der Waals surface area (Å²) in [5.41, 5.74) is -0.0382. The molecule has 2 rings (SSSR count). The van der Waals surface area contributed by atoms with Crippen molar-refractivity contribution in [1.82, 2.24) is 4.90 Å². The van der Waals surface area contributed by atoms with Gasteiger partial charge in [0.05, 0.1) is 5.54 Å². The van der Waals surface area contributed by atoms with Gasteiger partial charge < -0.3 is 4.74 Å². The molecule has 0 bridgehead atoms. The summed E-state index contributed by atoms with van der Waals surface area (Å²) in [7, 11) is 0. The first-order valence-electron chi connectivity index (χ1n) is 5.54. The molecule has 2 atom stereocenters. The number of piperidine rings is 1. The number of hydrogen-bond acceptors (Lipinski definition) is 2. The number of amides is 1. The third-order valence-electron chi connectivity index (χ3n) is 3.60. The molecule has 0 saturated carbocycles. The first-order valence-corrected chi connectivity index (χ1v) is 5.54. The minimum absolute atomic E-state index is 0.0382. The lowest BCUT2D eigenvalue weighted by atomic mass is 9.80. The lowest BCUT2D eigenvalue weighted by Gasteiger charge is -2.40. The maximum absolute atomic E-state index is 11.6. The van der Waals surface area contributed by atoms with Gasteiger partial charge >= 0.3 is 6.09 Å². The fourth-order valence-electron chi connectivity index (χ4n) is 2.89. The summed E-state index contributed by atoms with van der Waals surface area (Å²) in [6.45, 7) is 7.29. The monoisotopic (exact) mass is 197 g/mol. The lowest BCUT2D eigenvalue weighted by molar-refractivity contribution is 0.0503. The van der Waals surface area contributed by atoms with Gasteiger partial charge in [0.2, 0.25) is 0 Å². The van der Waals surface area contributed by atoms with Crippen molar-refractivity contribution in [3.63, 3.8) is 0 Å². The fourth-order valence-corrected chi connectivity index (χ4v) is 2.89. The van der Waals surface area contributed by atoms with E-state index in [1.165, 1.54) is 6.42 Å². The predicted molar refractivity (Wildman–Crippen MR) is 54.1 cm³/mol. The highest BCUT2D eigenvalue weighted by molar-refractivity contribution is 5.72. The van der Waals surface area contributed by atoms with E-state index in [2.05, 4.69) is 20.8 Å². The summed E-state index contributed by atoms with van der Waals surface area (Å²) >= 11 is 0. The normalized spacial score (nSPS) is 37.3. The van der Waals surface area contributed by atoms with E-state index < -0.39 is 0 Å². The van der Waals surface area contributed by atoms with Crippen LogP contribution < -0.4 is 0 Å². The summed E-state index contributed by atoms with van der Waals surface area (Å²) in [4.78, 5) is 13.6. The van der Waals surface area contributed by atoms with Crippen LogP contribution in [0.25, 0.3) is 0 Å². The van der Waals surface area contributed by atoms with Gasteiger partial charge in [0.25, 0.3) is 0 Å². The average molecular weight is 197 g/mol. The Morgan fingerprint density at radius 2 is 2.21 bits per heavy atom. The van der Waals surface area contributed by atoms with E-state index in [0.29, 0.717) is 5.92 Å². The van der Waals surface area contributed by atoms with Crippen LogP contribution in [0.4, 0.5) is 4.79 Å². The van der Waals surface area contributed by atoms with Gasteiger partial charge in [0.15, 0.2) is 0 Å². The molecule has 0 unspecified atom stereocenters. The maximum atomic E-state index is 11.6. The fraction of sp³-hybridized carbons (Fsp3) is 0.909. The molecule has 80 valence electrons. The molecule has 0 N–H and O–H groups in total. The quantitative estimate of drug-likeness (QED) is 0.646. The Morgan fingerprint density at radius 1 is 1.50 bits per heavy atom. The number of rotatable bonds is 1. The van der Waals surface area contributed by atoms with Gasteiger partial charge in [-0.05, 0) is 32.1 Å². The van der Waals surface area contributed by atoms with Crippen molar-refractivity contribution in [2.45, 2.75) is 51.7 Å². The Hall–Kier alpha value is -0.730. The van der Waals surface area contributed by atoms with Crippen molar-refractivity contribution >= 4 is 6.09 Å². The van der Waals surface area contributed by atoms with Crippen molar-refractivity contribution in [3.8, 4) is 0 Å². The Balaban J connectivity index is 2.27. The number of fused-ring (bicyclic) bond motifs is 1. The van der Waals surface area contributed by atoms with Gasteiger partial charge in [-0.2, -0.15) is 0 Å². The molecule has 0 aliphatic carbocycles. The van der Waals surface area contributed by atoms with Crippen molar-refractivity contribution in [1.29, 1.82) is 0 Å². The topological polar surface area (TPSA) is 29.5 Å². The number of cyclic esters (lactones) is 1. The van der Waals surface area contributed by atoms with Crippen LogP contribution in [0.5, 0.6) is 0 Å². The van der Waals surface area contributed by atoms with Crippen LogP contribution in [0, 0.1) is 5.92 Å². The summed E-state index contributed by atoms with van der Waals surface area (Å²) in [6, 6.07) is 0. The zero-order valence-electron chi connectivity index (χ0n) is 9.25. The number of hydrogen-bond donors (Lipinski definition) is 0. The highest BCUT2D eigenvalue weighted by atomic mass is 16.6. The molecular formula is C11H19NO2. The van der Waals surface area contributed by atoms with E-state index >= 15 is 0 Å². The Labute approximate surface area is 85.4 Å². The van der Waals surface area contributed by atoms with Crippen LogP contribution in [0.2, 0.25) is 0 Å². The third kappa shape index (κ3) is 1.22. The molecule has 0 aromatic heterocycles. The van der Waals surface area contributed by atoms with Gasteiger partial charge in [-0.25, -0.2) is 4.79 Å². The highest BCUT2D eigenvalue weighted by Gasteiger charge is 2.53. The number of ether oxygens (including phenoxy) is 1. The largest absolute Gasteiger partial charge is 0.443 e. The van der Waals surface area contributed by atoms with E-state index in [1.54, 1.807) is 0 Å². The van der Waals surface area contributed by atoms with Crippen LogP contribution in [0.3, 0.4) is 0 Å². The van der Waals surface area contributed by atoms with Gasteiger partial charge in [-0.3, -0.25) is 4.90 Å². The summed E-state index contributed by atoms with van der Waals surface area (Å²) in [5, 5.41) is 0. The molecule has 2 saturated heterocycles. The molecule has 2 fully saturated rings. The van der Waals surface area contributed by atoms with E-state index in [9.17, 15) is 4.79 Å². The summed E-state index contributed by atoms with van der Waals surface area (Å²) in [6.07, 6.45) is 3.39. The van der Waals surface area contributed by atoms with Crippen LogP contribution in [0.15, 0.2) is 0 Å². The Bertz CT molecular complexity index is 252. The van der Waals surface area contributed by atoms with Crippen LogP contribution in [0.1, 0.15) is 40.0 Å². The molecule has 3 nitrogen and oxygen atoms in total. The molecular weight excluding hydrogens is 178 g/mol. The van der Waals surface area contributed by atoms with Gasteiger partial charge in [0, 0.05) is 6.54 Å². The van der Waals surface area contributed by atoms with Crippen molar-refractivity contribution in [2.24, 2.45) is 5.92 Å². The maximum Gasteiger partial charge on any atom is 0.410 e. The van der Waals surface area contributed by atoms with E-state index in [4.69, 9.17) is 4.74 Å². The zero-order valence-corrected chi connectivity index (χ0v) is 9.25. The first-order chi connectivity index (χ1) is 6.55. The Morgan fingerprint density at radius 3 is 2.86 bits per heavy atom. The summed E-state index contributed by atoms with van der Waals surface area (Å²) < 4.78 is 5.46.